The molecule has 7 heteroatoms. The molecule has 7 nitrogen and oxygen atoms in total. The van der Waals surface area contributed by atoms with Crippen molar-refractivity contribution in [3.05, 3.63) is 29.8 Å². The van der Waals surface area contributed by atoms with E-state index in [9.17, 15) is 9.59 Å². The molecule has 1 aromatic rings. The Balaban J connectivity index is 2.20. The van der Waals surface area contributed by atoms with Gasteiger partial charge in [-0.1, -0.05) is 0 Å². The first-order valence-electron chi connectivity index (χ1n) is 7.43. The molecule has 0 unspecified atom stereocenters. The zero-order valence-electron chi connectivity index (χ0n) is 13.9. The van der Waals surface area contributed by atoms with E-state index < -0.39 is 0 Å². The van der Waals surface area contributed by atoms with Crippen molar-refractivity contribution in [2.45, 2.75) is 0 Å². The molecule has 1 aromatic carbocycles. The van der Waals surface area contributed by atoms with Crippen molar-refractivity contribution in [1.82, 2.24) is 10.6 Å². The zero-order chi connectivity index (χ0) is 17.1. The molecule has 0 fully saturated rings. The number of carbonyl (C=O) groups excluding carboxylic acids is 2. The van der Waals surface area contributed by atoms with Crippen molar-refractivity contribution >= 4 is 17.5 Å². The third-order valence-corrected chi connectivity index (χ3v) is 3.04. The van der Waals surface area contributed by atoms with E-state index in [1.54, 1.807) is 19.2 Å². The van der Waals surface area contributed by atoms with Gasteiger partial charge in [0.25, 0.3) is 5.91 Å². The highest BCUT2D eigenvalue weighted by Gasteiger charge is 2.06. The topological polar surface area (TPSA) is 79.9 Å². The molecule has 0 saturated carbocycles. The van der Waals surface area contributed by atoms with E-state index in [0.29, 0.717) is 31.9 Å². The van der Waals surface area contributed by atoms with Gasteiger partial charge in [-0.2, -0.15) is 0 Å². The number of hydrogen-bond donors (Lipinski definition) is 2. The Morgan fingerprint density at radius 2 is 1.70 bits per heavy atom. The second-order valence-corrected chi connectivity index (χ2v) is 5.09. The fourth-order valence-electron chi connectivity index (χ4n) is 1.75. The lowest BCUT2D eigenvalue weighted by Gasteiger charge is -2.12. The number of nitrogens with zero attached hydrogens (tertiary/aromatic N) is 1. The van der Waals surface area contributed by atoms with E-state index in [0.717, 1.165) is 5.69 Å². The fraction of sp³-hybridized carbons (Fsp3) is 0.500. The van der Waals surface area contributed by atoms with Crippen LogP contribution in [0.25, 0.3) is 0 Å². The van der Waals surface area contributed by atoms with Crippen LogP contribution in [0.1, 0.15) is 10.4 Å². The fourth-order valence-corrected chi connectivity index (χ4v) is 1.75. The number of ether oxygens (including phenoxy) is 2. The van der Waals surface area contributed by atoms with Gasteiger partial charge >= 0.3 is 0 Å². The summed E-state index contributed by atoms with van der Waals surface area (Å²) in [6.07, 6.45) is 0. The summed E-state index contributed by atoms with van der Waals surface area (Å²) >= 11 is 0. The molecule has 0 aliphatic heterocycles. The predicted octanol–water partition coefficient (Wildman–Crippen LogP) is 0.262. The summed E-state index contributed by atoms with van der Waals surface area (Å²) in [5.74, 6) is -0.383. The third kappa shape index (κ3) is 7.62. The van der Waals surface area contributed by atoms with E-state index in [1.807, 2.05) is 31.1 Å². The molecule has 2 amide bonds. The summed E-state index contributed by atoms with van der Waals surface area (Å²) in [4.78, 5) is 25.3. The highest BCUT2D eigenvalue weighted by atomic mass is 16.5. The maximum atomic E-state index is 11.9. The maximum Gasteiger partial charge on any atom is 0.251 e. The average molecular weight is 323 g/mol. The second kappa shape index (κ2) is 10.6. The Morgan fingerprint density at radius 3 is 2.30 bits per heavy atom. The van der Waals surface area contributed by atoms with Crippen molar-refractivity contribution in [3.63, 3.8) is 0 Å². The number of methoxy groups -OCH3 is 1. The maximum absolute atomic E-state index is 11.9. The van der Waals surface area contributed by atoms with Crippen LogP contribution < -0.4 is 15.5 Å². The van der Waals surface area contributed by atoms with Crippen LogP contribution in [0.4, 0.5) is 5.69 Å². The number of amides is 2. The summed E-state index contributed by atoms with van der Waals surface area (Å²) in [7, 11) is 5.45. The minimum absolute atomic E-state index is 0.0106. The van der Waals surface area contributed by atoms with Crippen molar-refractivity contribution in [2.24, 2.45) is 0 Å². The molecule has 0 atom stereocenters. The third-order valence-electron chi connectivity index (χ3n) is 3.04. The van der Waals surface area contributed by atoms with E-state index in [1.165, 1.54) is 0 Å². The molecule has 0 heterocycles. The molecule has 0 spiro atoms. The lowest BCUT2D eigenvalue weighted by atomic mass is 10.2. The standard InChI is InChI=1S/C16H25N3O4/c1-19(2)14-6-4-13(5-7-14)16(21)18-9-8-17-15(20)12-23-11-10-22-3/h4-7H,8-12H2,1-3H3,(H,17,20)(H,18,21). The monoisotopic (exact) mass is 323 g/mol. The van der Waals surface area contributed by atoms with E-state index in [-0.39, 0.29) is 18.4 Å². The van der Waals surface area contributed by atoms with Crippen LogP contribution in [0.3, 0.4) is 0 Å². The Labute approximate surface area is 136 Å². The smallest absolute Gasteiger partial charge is 0.251 e. The number of nitrogens with one attached hydrogen (secondary N) is 2. The number of carbonyl (C=O) groups is 2. The molecule has 2 N–H and O–H groups in total. The van der Waals surface area contributed by atoms with Gasteiger partial charge in [-0.25, -0.2) is 0 Å². The minimum atomic E-state index is -0.217. The van der Waals surface area contributed by atoms with Crippen molar-refractivity contribution in [2.75, 3.05) is 59.0 Å². The first-order chi connectivity index (χ1) is 11.0. The average Bonchev–Trinajstić information content (AvgIpc) is 2.55. The molecular formula is C16H25N3O4. The van der Waals surface area contributed by atoms with Gasteiger partial charge in [0.05, 0.1) is 13.2 Å². The molecule has 0 radical (unpaired) electrons. The molecule has 0 aliphatic rings. The zero-order valence-corrected chi connectivity index (χ0v) is 13.9. The second-order valence-electron chi connectivity index (χ2n) is 5.09. The summed E-state index contributed by atoms with van der Waals surface area (Å²) < 4.78 is 9.89. The van der Waals surface area contributed by atoms with Crippen molar-refractivity contribution in [3.8, 4) is 0 Å². The van der Waals surface area contributed by atoms with Crippen LogP contribution in [0, 0.1) is 0 Å². The summed E-state index contributed by atoms with van der Waals surface area (Å²) in [5.41, 5.74) is 1.62. The summed E-state index contributed by atoms with van der Waals surface area (Å²) in [6, 6.07) is 7.31. The van der Waals surface area contributed by atoms with Gasteiger partial charge in [0.15, 0.2) is 0 Å². The lowest BCUT2D eigenvalue weighted by Crippen LogP contribution is -2.36. The Kier molecular flexibility index (Phi) is 8.71. The predicted molar refractivity (Wildman–Crippen MR) is 88.8 cm³/mol. The van der Waals surface area contributed by atoms with Crippen LogP contribution in [-0.2, 0) is 14.3 Å². The molecule has 0 bridgehead atoms. The van der Waals surface area contributed by atoms with Gasteiger partial charge in [-0.05, 0) is 24.3 Å². The van der Waals surface area contributed by atoms with Gasteiger partial charge in [0.2, 0.25) is 5.91 Å². The molecule has 0 aromatic heterocycles. The lowest BCUT2D eigenvalue weighted by molar-refractivity contribution is -0.126. The molecule has 0 saturated heterocycles. The summed E-state index contributed by atoms with van der Waals surface area (Å²) in [5, 5.41) is 5.42. The minimum Gasteiger partial charge on any atom is -0.382 e. The van der Waals surface area contributed by atoms with E-state index >= 15 is 0 Å². The largest absolute Gasteiger partial charge is 0.382 e. The van der Waals surface area contributed by atoms with Crippen LogP contribution in [0.15, 0.2) is 24.3 Å². The van der Waals surface area contributed by atoms with Crippen LogP contribution in [0.5, 0.6) is 0 Å². The van der Waals surface area contributed by atoms with Crippen LogP contribution in [-0.4, -0.2) is 65.9 Å². The van der Waals surface area contributed by atoms with Gasteiger partial charge in [0, 0.05) is 45.5 Å². The summed E-state index contributed by atoms with van der Waals surface area (Å²) in [6.45, 7) is 1.54. The van der Waals surface area contributed by atoms with E-state index in [2.05, 4.69) is 10.6 Å². The molecule has 23 heavy (non-hydrogen) atoms. The van der Waals surface area contributed by atoms with Gasteiger partial charge < -0.3 is 25.0 Å². The Morgan fingerprint density at radius 1 is 1.04 bits per heavy atom. The van der Waals surface area contributed by atoms with Gasteiger partial charge in [-0.3, -0.25) is 9.59 Å². The normalized spacial score (nSPS) is 10.2. The highest BCUT2D eigenvalue weighted by Crippen LogP contribution is 2.11. The Bertz CT molecular complexity index is 489. The SMILES string of the molecule is COCCOCC(=O)NCCNC(=O)c1ccc(N(C)C)cc1. The van der Waals surface area contributed by atoms with Crippen molar-refractivity contribution in [1.29, 1.82) is 0 Å². The van der Waals surface area contributed by atoms with Crippen molar-refractivity contribution < 1.29 is 19.1 Å². The van der Waals surface area contributed by atoms with Gasteiger partial charge in [0.1, 0.15) is 6.61 Å². The first kappa shape index (κ1) is 18.9. The number of rotatable bonds is 10. The first-order valence-corrected chi connectivity index (χ1v) is 7.43. The molecule has 1 rings (SSSR count). The molecular weight excluding hydrogens is 298 g/mol. The molecule has 0 aliphatic carbocycles. The molecule has 128 valence electrons. The van der Waals surface area contributed by atoms with Crippen LogP contribution in [0.2, 0.25) is 0 Å². The van der Waals surface area contributed by atoms with Gasteiger partial charge in [-0.15, -0.1) is 0 Å². The highest BCUT2D eigenvalue weighted by molar-refractivity contribution is 5.94. The Hall–Kier alpha value is -2.12. The number of hydrogen-bond acceptors (Lipinski definition) is 5. The van der Waals surface area contributed by atoms with Crippen LogP contribution >= 0.6 is 0 Å². The number of benzene rings is 1. The van der Waals surface area contributed by atoms with E-state index in [4.69, 9.17) is 9.47 Å². The quantitative estimate of drug-likeness (QED) is 0.604. The number of anilines is 1.